The summed E-state index contributed by atoms with van der Waals surface area (Å²) in [5.74, 6) is 0.141. The molecule has 2 unspecified atom stereocenters. The SMILES string of the molecule is CCCCCCC(C)(C)c1ccc2c(c1)OC(C)(C)C(OCc1ccccc1)C2(O)CC(=O)OCC. The first-order chi connectivity index (χ1) is 17.0. The summed E-state index contributed by atoms with van der Waals surface area (Å²) in [6, 6.07) is 15.8. The van der Waals surface area contributed by atoms with E-state index >= 15 is 0 Å². The zero-order chi connectivity index (χ0) is 26.4. The maximum atomic E-state index is 12.7. The van der Waals surface area contributed by atoms with Crippen LogP contribution in [0.4, 0.5) is 0 Å². The van der Waals surface area contributed by atoms with Crippen LogP contribution >= 0.6 is 0 Å². The lowest BCUT2D eigenvalue weighted by Crippen LogP contribution is -2.60. The van der Waals surface area contributed by atoms with Crippen LogP contribution in [-0.4, -0.2) is 29.4 Å². The summed E-state index contributed by atoms with van der Waals surface area (Å²) < 4.78 is 18.1. The lowest BCUT2D eigenvalue weighted by atomic mass is 9.73. The molecule has 1 aliphatic heterocycles. The van der Waals surface area contributed by atoms with Crippen molar-refractivity contribution in [2.24, 2.45) is 0 Å². The summed E-state index contributed by atoms with van der Waals surface area (Å²) in [5.41, 5.74) is 0.206. The van der Waals surface area contributed by atoms with Gasteiger partial charge >= 0.3 is 5.97 Å². The van der Waals surface area contributed by atoms with Crippen LogP contribution in [0.2, 0.25) is 0 Å². The average molecular weight is 497 g/mol. The summed E-state index contributed by atoms with van der Waals surface area (Å²) in [7, 11) is 0. The largest absolute Gasteiger partial charge is 0.485 e. The van der Waals surface area contributed by atoms with Crippen LogP contribution in [-0.2, 0) is 31.9 Å². The Hall–Kier alpha value is -2.37. The molecule has 1 heterocycles. The van der Waals surface area contributed by atoms with Crippen LogP contribution in [0.3, 0.4) is 0 Å². The predicted molar refractivity (Wildman–Crippen MR) is 143 cm³/mol. The van der Waals surface area contributed by atoms with Gasteiger partial charge in [-0.15, -0.1) is 0 Å². The summed E-state index contributed by atoms with van der Waals surface area (Å²) in [4.78, 5) is 12.7. The van der Waals surface area contributed by atoms with Crippen molar-refractivity contribution in [1.29, 1.82) is 0 Å². The summed E-state index contributed by atoms with van der Waals surface area (Å²) in [6.45, 7) is 12.9. The van der Waals surface area contributed by atoms with Crippen molar-refractivity contribution in [2.75, 3.05) is 6.61 Å². The highest BCUT2D eigenvalue weighted by Crippen LogP contribution is 2.49. The second kappa shape index (κ2) is 11.8. The summed E-state index contributed by atoms with van der Waals surface area (Å²) in [5, 5.41) is 12.2. The first-order valence-electron chi connectivity index (χ1n) is 13.4. The molecule has 0 amide bonds. The van der Waals surface area contributed by atoms with Gasteiger partial charge in [0.25, 0.3) is 0 Å². The van der Waals surface area contributed by atoms with Gasteiger partial charge in [-0.2, -0.15) is 0 Å². The van der Waals surface area contributed by atoms with Crippen molar-refractivity contribution in [1.82, 2.24) is 0 Å². The van der Waals surface area contributed by atoms with Gasteiger partial charge in [0.1, 0.15) is 23.1 Å². The van der Waals surface area contributed by atoms with E-state index in [1.54, 1.807) is 6.92 Å². The topological polar surface area (TPSA) is 65.0 Å². The van der Waals surface area contributed by atoms with E-state index in [9.17, 15) is 9.90 Å². The monoisotopic (exact) mass is 496 g/mol. The minimum absolute atomic E-state index is 0.0316. The lowest BCUT2D eigenvalue weighted by Gasteiger charge is -2.49. The molecule has 3 rings (SSSR count). The summed E-state index contributed by atoms with van der Waals surface area (Å²) >= 11 is 0. The van der Waals surface area contributed by atoms with Crippen molar-refractivity contribution < 1.29 is 24.1 Å². The molecule has 0 fully saturated rings. The number of benzene rings is 2. The molecule has 198 valence electrons. The third-order valence-corrected chi connectivity index (χ3v) is 7.30. The molecule has 0 aromatic heterocycles. The van der Waals surface area contributed by atoms with Crippen molar-refractivity contribution >= 4 is 5.97 Å². The van der Waals surface area contributed by atoms with Gasteiger partial charge in [0.05, 0.1) is 19.6 Å². The molecule has 2 atom stereocenters. The number of carbonyl (C=O) groups excluding carboxylic acids is 1. The standard InChI is InChI=1S/C31H44O5/c1-7-9-10-14-19-29(3,4)24-17-18-25-26(20-24)36-30(5,6)28(31(25,33)21-27(32)34-8-2)35-22-23-15-12-11-13-16-23/h11-13,15-18,20,28,33H,7-10,14,19,21-22H2,1-6H3. The predicted octanol–water partition coefficient (Wildman–Crippen LogP) is 6.83. The van der Waals surface area contributed by atoms with Crippen LogP contribution in [0.5, 0.6) is 5.75 Å². The van der Waals surface area contributed by atoms with E-state index in [4.69, 9.17) is 14.2 Å². The van der Waals surface area contributed by atoms with Gasteiger partial charge in [-0.05, 0) is 49.8 Å². The van der Waals surface area contributed by atoms with E-state index in [2.05, 4.69) is 26.8 Å². The van der Waals surface area contributed by atoms with Gasteiger partial charge in [-0.1, -0.05) is 88.9 Å². The van der Waals surface area contributed by atoms with Crippen molar-refractivity contribution in [3.05, 3.63) is 65.2 Å². The number of aliphatic hydroxyl groups is 1. The van der Waals surface area contributed by atoms with E-state index in [0.29, 0.717) is 17.9 Å². The zero-order valence-corrected chi connectivity index (χ0v) is 22.9. The van der Waals surface area contributed by atoms with Gasteiger partial charge < -0.3 is 19.3 Å². The normalized spacial score (nSPS) is 20.9. The second-order valence-corrected chi connectivity index (χ2v) is 11.2. The average Bonchev–Trinajstić information content (AvgIpc) is 2.81. The molecule has 0 bridgehead atoms. The fourth-order valence-corrected chi connectivity index (χ4v) is 5.29. The molecule has 2 aromatic carbocycles. The first kappa shape index (κ1) is 28.2. The Balaban J connectivity index is 1.96. The number of hydrogen-bond donors (Lipinski definition) is 1. The quantitative estimate of drug-likeness (QED) is 0.258. The number of ether oxygens (including phenoxy) is 3. The fraction of sp³-hybridized carbons (Fsp3) is 0.581. The zero-order valence-electron chi connectivity index (χ0n) is 22.9. The fourth-order valence-electron chi connectivity index (χ4n) is 5.29. The van der Waals surface area contributed by atoms with Crippen LogP contribution in [0, 0.1) is 0 Å². The van der Waals surface area contributed by atoms with Gasteiger partial charge in [0.2, 0.25) is 0 Å². The van der Waals surface area contributed by atoms with Crippen molar-refractivity contribution in [3.8, 4) is 5.75 Å². The van der Waals surface area contributed by atoms with Crippen LogP contribution in [0.15, 0.2) is 48.5 Å². The molecule has 0 aliphatic carbocycles. The minimum atomic E-state index is -1.60. The van der Waals surface area contributed by atoms with E-state index < -0.39 is 23.3 Å². The van der Waals surface area contributed by atoms with E-state index in [0.717, 1.165) is 17.5 Å². The number of esters is 1. The molecular weight excluding hydrogens is 452 g/mol. The smallest absolute Gasteiger partial charge is 0.309 e. The molecular formula is C31H44O5. The Morgan fingerprint density at radius 1 is 1.06 bits per heavy atom. The van der Waals surface area contributed by atoms with E-state index in [1.807, 2.05) is 56.3 Å². The Morgan fingerprint density at radius 2 is 1.78 bits per heavy atom. The molecule has 5 heteroatoms. The second-order valence-electron chi connectivity index (χ2n) is 11.2. The third-order valence-electron chi connectivity index (χ3n) is 7.30. The highest BCUT2D eigenvalue weighted by molar-refractivity contribution is 5.72. The molecule has 1 N–H and O–H groups in total. The van der Waals surface area contributed by atoms with Crippen LogP contribution in [0.1, 0.15) is 96.8 Å². The van der Waals surface area contributed by atoms with Gasteiger partial charge in [0, 0.05) is 5.56 Å². The molecule has 5 nitrogen and oxygen atoms in total. The molecule has 0 radical (unpaired) electrons. The van der Waals surface area contributed by atoms with E-state index in [-0.39, 0.29) is 18.4 Å². The number of fused-ring (bicyclic) bond motifs is 1. The van der Waals surface area contributed by atoms with Crippen LogP contribution in [0.25, 0.3) is 0 Å². The van der Waals surface area contributed by atoms with Crippen molar-refractivity contribution in [3.63, 3.8) is 0 Å². The molecule has 0 saturated carbocycles. The molecule has 36 heavy (non-hydrogen) atoms. The van der Waals surface area contributed by atoms with Gasteiger partial charge in [-0.3, -0.25) is 4.79 Å². The lowest BCUT2D eigenvalue weighted by molar-refractivity contribution is -0.209. The number of rotatable bonds is 12. The number of unbranched alkanes of at least 4 members (excludes halogenated alkanes) is 3. The highest BCUT2D eigenvalue weighted by Gasteiger charge is 2.55. The first-order valence-corrected chi connectivity index (χ1v) is 13.4. The molecule has 2 aromatic rings. The molecule has 0 spiro atoms. The summed E-state index contributed by atoms with van der Waals surface area (Å²) in [6.07, 6.45) is 4.96. The Morgan fingerprint density at radius 3 is 2.44 bits per heavy atom. The maximum Gasteiger partial charge on any atom is 0.309 e. The van der Waals surface area contributed by atoms with Gasteiger partial charge in [0.15, 0.2) is 0 Å². The van der Waals surface area contributed by atoms with Crippen molar-refractivity contribution in [2.45, 2.75) is 109 Å². The molecule has 0 saturated heterocycles. The highest BCUT2D eigenvalue weighted by atomic mass is 16.6. The Kier molecular flexibility index (Phi) is 9.23. The maximum absolute atomic E-state index is 12.7. The molecule has 1 aliphatic rings. The van der Waals surface area contributed by atoms with Gasteiger partial charge in [-0.25, -0.2) is 0 Å². The minimum Gasteiger partial charge on any atom is -0.485 e. The number of hydrogen-bond acceptors (Lipinski definition) is 5. The van der Waals surface area contributed by atoms with Crippen LogP contribution < -0.4 is 4.74 Å². The Labute approximate surface area is 217 Å². The third kappa shape index (κ3) is 6.49. The Bertz CT molecular complexity index is 997. The number of carbonyl (C=O) groups is 1. The van der Waals surface area contributed by atoms with E-state index in [1.165, 1.54) is 25.7 Å².